The molecule has 174 valence electrons. The van der Waals surface area contributed by atoms with E-state index in [-0.39, 0.29) is 17.0 Å². The number of benzene rings is 3. The van der Waals surface area contributed by atoms with Crippen molar-refractivity contribution in [3.8, 4) is 5.75 Å². The summed E-state index contributed by atoms with van der Waals surface area (Å²) in [7, 11) is 0. The fourth-order valence-corrected chi connectivity index (χ4v) is 3.99. The van der Waals surface area contributed by atoms with Crippen LogP contribution < -0.4 is 9.64 Å². The topological polar surface area (TPSA) is 66.8 Å². The molecule has 3 aromatic carbocycles. The van der Waals surface area contributed by atoms with E-state index in [1.165, 1.54) is 17.0 Å². The van der Waals surface area contributed by atoms with Crippen molar-refractivity contribution in [3.63, 3.8) is 0 Å². The molecular weight excluding hydrogens is 447 g/mol. The van der Waals surface area contributed by atoms with Crippen molar-refractivity contribution in [2.45, 2.75) is 26.3 Å². The van der Waals surface area contributed by atoms with Crippen LogP contribution in [0.15, 0.2) is 78.4 Å². The Morgan fingerprint density at radius 2 is 1.59 bits per heavy atom. The van der Waals surface area contributed by atoms with Gasteiger partial charge in [0.15, 0.2) is 0 Å². The van der Waals surface area contributed by atoms with Crippen LogP contribution in [0.4, 0.5) is 18.9 Å². The summed E-state index contributed by atoms with van der Waals surface area (Å²) in [6, 6.07) is 17.7. The van der Waals surface area contributed by atoms with Gasteiger partial charge in [0, 0.05) is 11.3 Å². The lowest BCUT2D eigenvalue weighted by molar-refractivity contribution is -0.274. The van der Waals surface area contributed by atoms with Gasteiger partial charge in [0.05, 0.1) is 11.6 Å². The number of nitrogens with zero attached hydrogens (tertiary/aromatic N) is 1. The lowest BCUT2D eigenvalue weighted by Crippen LogP contribution is -2.29. The number of carbonyl (C=O) groups excluding carboxylic acids is 2. The first-order valence-corrected chi connectivity index (χ1v) is 10.4. The number of aryl methyl sites for hydroxylation is 2. The van der Waals surface area contributed by atoms with E-state index < -0.39 is 29.8 Å². The number of ether oxygens (including phenoxy) is 1. The number of Topliss-reactive ketones (excluding diaryl/α,β-unsaturated/α-hetero) is 1. The second-order valence-corrected chi connectivity index (χ2v) is 7.94. The predicted molar refractivity (Wildman–Crippen MR) is 120 cm³/mol. The summed E-state index contributed by atoms with van der Waals surface area (Å²) < 4.78 is 41.5. The number of halogens is 3. The molecule has 1 atom stereocenters. The molecule has 1 unspecified atom stereocenters. The van der Waals surface area contributed by atoms with E-state index in [9.17, 15) is 27.9 Å². The maximum Gasteiger partial charge on any atom is 0.573 e. The Labute approximate surface area is 193 Å². The van der Waals surface area contributed by atoms with Gasteiger partial charge < -0.3 is 9.84 Å². The number of alkyl halides is 3. The van der Waals surface area contributed by atoms with Crippen molar-refractivity contribution < 1.29 is 32.6 Å². The Bertz CT molecular complexity index is 1280. The van der Waals surface area contributed by atoms with Gasteiger partial charge in [0.1, 0.15) is 11.5 Å². The molecule has 5 nitrogen and oxygen atoms in total. The Morgan fingerprint density at radius 3 is 2.21 bits per heavy atom. The van der Waals surface area contributed by atoms with Crippen molar-refractivity contribution in [1.29, 1.82) is 0 Å². The van der Waals surface area contributed by atoms with Gasteiger partial charge in [-0.15, -0.1) is 13.2 Å². The van der Waals surface area contributed by atoms with E-state index in [0.29, 0.717) is 11.1 Å². The molecule has 4 rings (SSSR count). The first-order chi connectivity index (χ1) is 16.1. The van der Waals surface area contributed by atoms with Crippen LogP contribution in [0.3, 0.4) is 0 Å². The summed E-state index contributed by atoms with van der Waals surface area (Å²) in [6.07, 6.45) is -4.86. The molecule has 0 aromatic heterocycles. The highest BCUT2D eigenvalue weighted by Crippen LogP contribution is 2.43. The summed E-state index contributed by atoms with van der Waals surface area (Å²) in [4.78, 5) is 27.4. The second kappa shape index (κ2) is 8.70. The van der Waals surface area contributed by atoms with E-state index >= 15 is 0 Å². The lowest BCUT2D eigenvalue weighted by atomic mass is 9.93. The average molecular weight is 467 g/mol. The van der Waals surface area contributed by atoms with Crippen molar-refractivity contribution in [2.24, 2.45) is 0 Å². The summed E-state index contributed by atoms with van der Waals surface area (Å²) in [5, 5.41) is 11.2. The number of aliphatic hydroxyl groups is 1. The van der Waals surface area contributed by atoms with Crippen molar-refractivity contribution >= 4 is 23.1 Å². The first-order valence-electron chi connectivity index (χ1n) is 10.4. The number of amides is 1. The molecule has 0 radical (unpaired) electrons. The van der Waals surface area contributed by atoms with E-state index in [2.05, 4.69) is 4.74 Å². The molecule has 0 aliphatic carbocycles. The second-order valence-electron chi connectivity index (χ2n) is 7.94. The minimum atomic E-state index is -4.86. The SMILES string of the molecule is Cc1ccc(C)c(/C(O)=C2\C(=O)C(=O)N(c3ccc(OC(F)(F)F)cc3)C2c2ccccc2)c1. The van der Waals surface area contributed by atoms with Crippen LogP contribution in [-0.2, 0) is 9.59 Å². The minimum absolute atomic E-state index is 0.0967. The molecule has 34 heavy (non-hydrogen) atoms. The monoisotopic (exact) mass is 467 g/mol. The average Bonchev–Trinajstić information content (AvgIpc) is 3.06. The predicted octanol–water partition coefficient (Wildman–Crippen LogP) is 5.83. The van der Waals surface area contributed by atoms with E-state index in [1.54, 1.807) is 49.4 Å². The normalized spacial score (nSPS) is 17.8. The summed E-state index contributed by atoms with van der Waals surface area (Å²) in [5.74, 6) is -2.56. The third-order valence-corrected chi connectivity index (χ3v) is 5.56. The first kappa shape index (κ1) is 23.1. The van der Waals surface area contributed by atoms with Crippen LogP contribution in [0.1, 0.15) is 28.3 Å². The molecule has 1 N–H and O–H groups in total. The zero-order chi connectivity index (χ0) is 24.6. The zero-order valence-corrected chi connectivity index (χ0v) is 18.3. The van der Waals surface area contributed by atoms with E-state index in [4.69, 9.17) is 0 Å². The number of aliphatic hydroxyl groups excluding tert-OH is 1. The van der Waals surface area contributed by atoms with E-state index in [0.717, 1.165) is 23.3 Å². The smallest absolute Gasteiger partial charge is 0.507 e. The van der Waals surface area contributed by atoms with E-state index in [1.807, 2.05) is 13.0 Å². The van der Waals surface area contributed by atoms with Gasteiger partial charge in [0.2, 0.25) is 0 Å². The van der Waals surface area contributed by atoms with Crippen molar-refractivity contribution in [3.05, 3.63) is 101 Å². The third-order valence-electron chi connectivity index (χ3n) is 5.56. The standard InChI is InChI=1S/C26H20F3NO4/c1-15-8-9-16(2)20(14-15)23(31)21-22(17-6-4-3-5-7-17)30(25(33)24(21)32)18-10-12-19(13-11-18)34-26(27,28)29/h3-14,22,31H,1-2H3/b23-21+. The fourth-order valence-electron chi connectivity index (χ4n) is 3.99. The molecule has 1 fully saturated rings. The molecule has 1 saturated heterocycles. The lowest BCUT2D eigenvalue weighted by Gasteiger charge is -2.25. The van der Waals surface area contributed by atoms with Gasteiger partial charge in [0.25, 0.3) is 11.7 Å². The molecule has 0 spiro atoms. The van der Waals surface area contributed by atoms with Gasteiger partial charge in [-0.3, -0.25) is 14.5 Å². The number of hydrogen-bond acceptors (Lipinski definition) is 4. The summed E-state index contributed by atoms with van der Waals surface area (Å²) in [5.41, 5.74) is 2.65. The molecule has 0 saturated carbocycles. The Balaban J connectivity index is 1.87. The van der Waals surface area contributed by atoms with Crippen molar-refractivity contribution in [1.82, 2.24) is 0 Å². The van der Waals surface area contributed by atoms with Gasteiger partial charge in [-0.05, 0) is 55.3 Å². The Kier molecular flexibility index (Phi) is 5.91. The Hall–Kier alpha value is -4.07. The summed E-state index contributed by atoms with van der Waals surface area (Å²) >= 11 is 0. The molecule has 1 aliphatic heterocycles. The fraction of sp³-hybridized carbons (Fsp3) is 0.154. The van der Waals surface area contributed by atoms with Gasteiger partial charge in [-0.1, -0.05) is 48.0 Å². The van der Waals surface area contributed by atoms with Gasteiger partial charge in [-0.25, -0.2) is 0 Å². The van der Waals surface area contributed by atoms with Crippen LogP contribution in [-0.4, -0.2) is 23.2 Å². The number of carbonyl (C=O) groups is 2. The third kappa shape index (κ3) is 4.39. The van der Waals surface area contributed by atoms with Crippen LogP contribution in [0, 0.1) is 13.8 Å². The highest BCUT2D eigenvalue weighted by atomic mass is 19.4. The number of rotatable bonds is 4. The number of ketones is 1. The zero-order valence-electron chi connectivity index (χ0n) is 18.3. The van der Waals surface area contributed by atoms with Gasteiger partial charge >= 0.3 is 6.36 Å². The molecule has 3 aromatic rings. The van der Waals surface area contributed by atoms with Crippen molar-refractivity contribution in [2.75, 3.05) is 4.90 Å². The van der Waals surface area contributed by atoms with Crippen LogP contribution >= 0.6 is 0 Å². The van der Waals surface area contributed by atoms with Gasteiger partial charge in [-0.2, -0.15) is 0 Å². The number of anilines is 1. The largest absolute Gasteiger partial charge is 0.573 e. The maximum atomic E-state index is 13.2. The molecule has 8 heteroatoms. The molecular formula is C26H20F3NO4. The van der Waals surface area contributed by atoms with Crippen LogP contribution in [0.5, 0.6) is 5.75 Å². The van der Waals surface area contributed by atoms with Crippen LogP contribution in [0.25, 0.3) is 5.76 Å². The molecule has 0 bridgehead atoms. The number of hydrogen-bond donors (Lipinski definition) is 1. The van der Waals surface area contributed by atoms with Crippen LogP contribution in [0.2, 0.25) is 0 Å². The molecule has 1 amide bonds. The minimum Gasteiger partial charge on any atom is -0.507 e. The quantitative estimate of drug-likeness (QED) is 0.298. The highest BCUT2D eigenvalue weighted by Gasteiger charge is 2.47. The summed E-state index contributed by atoms with van der Waals surface area (Å²) in [6.45, 7) is 3.62. The Morgan fingerprint density at radius 1 is 0.941 bits per heavy atom. The molecule has 1 heterocycles. The molecule has 1 aliphatic rings. The maximum absolute atomic E-state index is 13.2. The highest BCUT2D eigenvalue weighted by molar-refractivity contribution is 6.51.